The Morgan fingerprint density at radius 2 is 1.85 bits per heavy atom. The molecule has 0 unspecified atom stereocenters. The second-order valence-electron chi connectivity index (χ2n) is 5.96. The molecule has 3 aromatic rings. The molecule has 0 spiro atoms. The number of sulfonamides is 1. The minimum Gasteiger partial charge on any atom is -0.351 e. The predicted molar refractivity (Wildman–Crippen MR) is 105 cm³/mol. The summed E-state index contributed by atoms with van der Waals surface area (Å²) in [7, 11) is -3.64. The molecule has 3 rings (SSSR count). The van der Waals surface area contributed by atoms with E-state index in [4.69, 9.17) is 0 Å². The smallest absolute Gasteiger partial charge is 0.240 e. The van der Waals surface area contributed by atoms with Gasteiger partial charge in [0.1, 0.15) is 0 Å². The molecule has 136 valence electrons. The summed E-state index contributed by atoms with van der Waals surface area (Å²) in [6.07, 6.45) is 0.0945. The molecule has 1 heterocycles. The summed E-state index contributed by atoms with van der Waals surface area (Å²) in [4.78, 5) is 13.2. The zero-order valence-electron chi connectivity index (χ0n) is 14.4. The summed E-state index contributed by atoms with van der Waals surface area (Å²) in [6, 6.07) is 14.6. The monoisotopic (exact) mass is 388 g/mol. The van der Waals surface area contributed by atoms with Crippen LogP contribution in [0, 0.1) is 6.92 Å². The zero-order chi connectivity index (χ0) is 18.6. The Balaban J connectivity index is 1.54. The maximum absolute atomic E-state index is 12.4. The summed E-state index contributed by atoms with van der Waals surface area (Å²) >= 11 is 1.59. The molecular weight excluding hydrogens is 368 g/mol. The highest BCUT2D eigenvalue weighted by atomic mass is 32.2. The minimum absolute atomic E-state index is 0.0599. The second kappa shape index (κ2) is 7.99. The van der Waals surface area contributed by atoms with Crippen molar-refractivity contribution in [2.75, 3.05) is 6.54 Å². The molecule has 0 saturated heterocycles. The van der Waals surface area contributed by atoms with E-state index in [9.17, 15) is 13.2 Å². The first kappa shape index (κ1) is 18.6. The van der Waals surface area contributed by atoms with Crippen LogP contribution < -0.4 is 10.0 Å². The number of benzene rings is 2. The average molecular weight is 389 g/mol. The molecule has 0 radical (unpaired) electrons. The van der Waals surface area contributed by atoms with Gasteiger partial charge in [-0.2, -0.15) is 0 Å². The van der Waals surface area contributed by atoms with Gasteiger partial charge in [0.2, 0.25) is 15.9 Å². The standard InChI is InChI=1S/C19H20N2O3S2/c1-14-9-11-25-18(14)13-20-19(22)8-10-21-26(23,24)17-7-6-15-4-2-3-5-16(15)12-17/h2-7,9,11-12,21H,8,10,13H2,1H3,(H,20,22). The Morgan fingerprint density at radius 1 is 1.08 bits per heavy atom. The highest BCUT2D eigenvalue weighted by Gasteiger charge is 2.14. The molecule has 1 amide bonds. The van der Waals surface area contributed by atoms with Crippen molar-refractivity contribution in [3.8, 4) is 0 Å². The fourth-order valence-electron chi connectivity index (χ4n) is 2.57. The van der Waals surface area contributed by atoms with Crippen molar-refractivity contribution in [2.24, 2.45) is 0 Å². The third kappa shape index (κ3) is 4.49. The van der Waals surface area contributed by atoms with Crippen LogP contribution in [0.25, 0.3) is 10.8 Å². The number of fused-ring (bicyclic) bond motifs is 1. The summed E-state index contributed by atoms with van der Waals surface area (Å²) in [5.41, 5.74) is 1.15. The third-order valence-corrected chi connectivity index (χ3v) is 6.57. The number of hydrogen-bond donors (Lipinski definition) is 2. The SMILES string of the molecule is Cc1ccsc1CNC(=O)CCNS(=O)(=O)c1ccc2ccccc2c1. The van der Waals surface area contributed by atoms with Crippen LogP contribution in [-0.2, 0) is 21.4 Å². The summed E-state index contributed by atoms with van der Waals surface area (Å²) in [6.45, 7) is 2.53. The first-order chi connectivity index (χ1) is 12.5. The molecule has 0 fully saturated rings. The largest absolute Gasteiger partial charge is 0.351 e. The highest BCUT2D eigenvalue weighted by molar-refractivity contribution is 7.89. The van der Waals surface area contributed by atoms with Gasteiger partial charge in [0, 0.05) is 17.8 Å². The predicted octanol–water partition coefficient (Wildman–Crippen LogP) is 3.19. The zero-order valence-corrected chi connectivity index (χ0v) is 16.0. The van der Waals surface area contributed by atoms with Crippen LogP contribution in [-0.4, -0.2) is 20.9 Å². The number of carbonyl (C=O) groups excluding carboxylic acids is 1. The minimum atomic E-state index is -3.64. The van der Waals surface area contributed by atoms with Gasteiger partial charge in [0.05, 0.1) is 11.4 Å². The molecule has 2 N–H and O–H groups in total. The van der Waals surface area contributed by atoms with Gasteiger partial charge in [-0.3, -0.25) is 4.79 Å². The van der Waals surface area contributed by atoms with E-state index in [-0.39, 0.29) is 23.8 Å². The summed E-state index contributed by atoms with van der Waals surface area (Å²) < 4.78 is 27.3. The molecule has 26 heavy (non-hydrogen) atoms. The van der Waals surface area contributed by atoms with Crippen molar-refractivity contribution in [1.29, 1.82) is 0 Å². The van der Waals surface area contributed by atoms with Gasteiger partial charge in [-0.15, -0.1) is 11.3 Å². The maximum atomic E-state index is 12.4. The molecule has 5 nitrogen and oxygen atoms in total. The number of carbonyl (C=O) groups is 1. The maximum Gasteiger partial charge on any atom is 0.240 e. The van der Waals surface area contributed by atoms with E-state index in [1.165, 1.54) is 0 Å². The average Bonchev–Trinajstić information content (AvgIpc) is 3.04. The number of thiophene rings is 1. The molecule has 7 heteroatoms. The van der Waals surface area contributed by atoms with Gasteiger partial charge < -0.3 is 5.32 Å². The van der Waals surface area contributed by atoms with Gasteiger partial charge in [-0.25, -0.2) is 13.1 Å². The molecule has 0 saturated carbocycles. The molecule has 2 aromatic carbocycles. The Kier molecular flexibility index (Phi) is 5.70. The Morgan fingerprint density at radius 3 is 2.58 bits per heavy atom. The highest BCUT2D eigenvalue weighted by Crippen LogP contribution is 2.19. The van der Waals surface area contributed by atoms with Crippen LogP contribution in [0.15, 0.2) is 58.8 Å². The normalized spacial score (nSPS) is 11.6. The van der Waals surface area contributed by atoms with E-state index < -0.39 is 10.0 Å². The van der Waals surface area contributed by atoms with Crippen LogP contribution in [0.2, 0.25) is 0 Å². The quantitative estimate of drug-likeness (QED) is 0.653. The van der Waals surface area contributed by atoms with E-state index in [1.807, 2.05) is 42.6 Å². The third-order valence-electron chi connectivity index (χ3n) is 4.09. The first-order valence-electron chi connectivity index (χ1n) is 8.24. The van der Waals surface area contributed by atoms with Crippen LogP contribution in [0.4, 0.5) is 0 Å². The van der Waals surface area contributed by atoms with Crippen LogP contribution in [0.5, 0.6) is 0 Å². The fourth-order valence-corrected chi connectivity index (χ4v) is 4.48. The molecule has 0 atom stereocenters. The number of nitrogens with one attached hydrogen (secondary N) is 2. The van der Waals surface area contributed by atoms with Gasteiger partial charge in [-0.05, 0) is 46.8 Å². The molecule has 0 aliphatic rings. The van der Waals surface area contributed by atoms with Gasteiger partial charge in [-0.1, -0.05) is 30.3 Å². The summed E-state index contributed by atoms with van der Waals surface area (Å²) in [5.74, 6) is -0.181. The lowest BCUT2D eigenvalue weighted by Crippen LogP contribution is -2.30. The molecule has 1 aromatic heterocycles. The van der Waals surface area contributed by atoms with Crippen molar-refractivity contribution in [3.63, 3.8) is 0 Å². The van der Waals surface area contributed by atoms with Crippen LogP contribution >= 0.6 is 11.3 Å². The van der Waals surface area contributed by atoms with Gasteiger partial charge >= 0.3 is 0 Å². The fraction of sp³-hybridized carbons (Fsp3) is 0.211. The number of amides is 1. The lowest BCUT2D eigenvalue weighted by Gasteiger charge is -2.08. The van der Waals surface area contributed by atoms with E-state index in [0.717, 1.165) is 21.2 Å². The van der Waals surface area contributed by atoms with Crippen molar-refractivity contribution in [3.05, 3.63) is 64.4 Å². The van der Waals surface area contributed by atoms with Crippen LogP contribution in [0.1, 0.15) is 16.9 Å². The Labute approximate surface area is 157 Å². The van der Waals surface area contributed by atoms with E-state index in [0.29, 0.717) is 6.54 Å². The number of rotatable bonds is 7. The van der Waals surface area contributed by atoms with Gasteiger partial charge in [0.25, 0.3) is 0 Å². The Hall–Kier alpha value is -2.22. The van der Waals surface area contributed by atoms with Crippen molar-refractivity contribution in [2.45, 2.75) is 24.8 Å². The molecule has 0 aliphatic carbocycles. The molecular formula is C19H20N2O3S2. The second-order valence-corrected chi connectivity index (χ2v) is 8.73. The Bertz CT molecular complexity index is 1030. The van der Waals surface area contributed by atoms with Crippen molar-refractivity contribution in [1.82, 2.24) is 10.0 Å². The van der Waals surface area contributed by atoms with Crippen LogP contribution in [0.3, 0.4) is 0 Å². The van der Waals surface area contributed by atoms with Crippen molar-refractivity contribution >= 4 is 38.0 Å². The van der Waals surface area contributed by atoms with Gasteiger partial charge in [0.15, 0.2) is 0 Å². The summed E-state index contributed by atoms with van der Waals surface area (Å²) in [5, 5.41) is 6.64. The number of hydrogen-bond acceptors (Lipinski definition) is 4. The van der Waals surface area contributed by atoms with E-state index >= 15 is 0 Å². The lowest BCUT2D eigenvalue weighted by atomic mass is 10.1. The first-order valence-corrected chi connectivity index (χ1v) is 10.6. The topological polar surface area (TPSA) is 75.3 Å². The van der Waals surface area contributed by atoms with E-state index in [2.05, 4.69) is 10.0 Å². The molecule has 0 aliphatic heterocycles. The number of aryl methyl sites for hydroxylation is 1. The van der Waals surface area contributed by atoms with Crippen molar-refractivity contribution < 1.29 is 13.2 Å². The van der Waals surface area contributed by atoms with E-state index in [1.54, 1.807) is 29.5 Å². The lowest BCUT2D eigenvalue weighted by molar-refractivity contribution is -0.121. The molecule has 0 bridgehead atoms.